The zero-order valence-electron chi connectivity index (χ0n) is 15.2. The van der Waals surface area contributed by atoms with E-state index in [0.717, 1.165) is 22.5 Å². The maximum absolute atomic E-state index is 13.7. The molecule has 152 valence electrons. The summed E-state index contributed by atoms with van der Waals surface area (Å²) in [6.07, 6.45) is 0. The number of rotatable bonds is 8. The van der Waals surface area contributed by atoms with Crippen molar-refractivity contribution in [3.05, 3.63) is 53.1 Å². The van der Waals surface area contributed by atoms with Gasteiger partial charge in [0.1, 0.15) is 17.4 Å². The second kappa shape index (κ2) is 9.31. The lowest BCUT2D eigenvalue weighted by Gasteiger charge is -2.20. The van der Waals surface area contributed by atoms with E-state index in [1.165, 1.54) is 18.2 Å². The van der Waals surface area contributed by atoms with Crippen molar-refractivity contribution in [3.63, 3.8) is 0 Å². The van der Waals surface area contributed by atoms with Crippen molar-refractivity contribution in [2.75, 3.05) is 25.0 Å². The first kappa shape index (κ1) is 22.1. The maximum Gasteiger partial charge on any atom is 0.243 e. The topological polar surface area (TPSA) is 75.7 Å². The Kier molecular flexibility index (Phi) is 7.34. The molecule has 0 aliphatic carbocycles. The van der Waals surface area contributed by atoms with E-state index in [1.807, 2.05) is 0 Å². The van der Waals surface area contributed by atoms with Crippen molar-refractivity contribution in [1.29, 1.82) is 0 Å². The van der Waals surface area contributed by atoms with Crippen LogP contribution in [0, 0.1) is 11.6 Å². The minimum absolute atomic E-state index is 0.0216. The van der Waals surface area contributed by atoms with Crippen molar-refractivity contribution >= 4 is 33.2 Å². The summed E-state index contributed by atoms with van der Waals surface area (Å²) in [5, 5.41) is 2.29. The molecule has 6 nitrogen and oxygen atoms in total. The van der Waals surface area contributed by atoms with E-state index >= 15 is 0 Å². The van der Waals surface area contributed by atoms with E-state index in [9.17, 15) is 22.0 Å². The largest absolute Gasteiger partial charge is 0.492 e. The molecule has 0 saturated carbocycles. The summed E-state index contributed by atoms with van der Waals surface area (Å²) in [6, 6.07) is 6.55. The Hall–Kier alpha value is -2.23. The van der Waals surface area contributed by atoms with Gasteiger partial charge in [0, 0.05) is 12.6 Å². The van der Waals surface area contributed by atoms with Crippen molar-refractivity contribution < 1.29 is 26.7 Å². The van der Waals surface area contributed by atoms with E-state index in [4.69, 9.17) is 16.3 Å². The van der Waals surface area contributed by atoms with Gasteiger partial charge in [0.2, 0.25) is 15.9 Å². The minimum atomic E-state index is -4.05. The Morgan fingerprint density at radius 1 is 1.18 bits per heavy atom. The van der Waals surface area contributed by atoms with Gasteiger partial charge in [-0.3, -0.25) is 4.79 Å². The van der Waals surface area contributed by atoms with E-state index < -0.39 is 34.1 Å². The molecule has 0 aromatic heterocycles. The van der Waals surface area contributed by atoms with E-state index in [-0.39, 0.29) is 22.2 Å². The normalized spacial score (nSPS) is 11.5. The number of likely N-dealkylation sites (N-methyl/N-ethyl adjacent to an activating group) is 1. The Labute approximate surface area is 167 Å². The number of ether oxygens (including phenoxy) is 1. The SMILES string of the molecule is CCOc1ccc(S(=O)(=O)N(CC)CC(=O)Nc2cc(F)ccc2F)cc1Cl. The third-order valence-corrected chi connectivity index (χ3v) is 5.93. The van der Waals surface area contributed by atoms with Gasteiger partial charge in [-0.2, -0.15) is 4.31 Å². The van der Waals surface area contributed by atoms with Crippen LogP contribution < -0.4 is 10.1 Å². The van der Waals surface area contributed by atoms with E-state index in [1.54, 1.807) is 13.8 Å². The standard InChI is InChI=1S/C18H19ClF2N2O4S/c1-3-23(11-18(24)22-16-9-12(20)5-7-15(16)21)28(25,26)13-6-8-17(27-4-2)14(19)10-13/h5-10H,3-4,11H2,1-2H3,(H,22,24). The molecule has 2 aromatic rings. The lowest BCUT2D eigenvalue weighted by atomic mass is 10.3. The molecule has 0 saturated heterocycles. The molecule has 0 radical (unpaired) electrons. The fourth-order valence-electron chi connectivity index (χ4n) is 2.37. The van der Waals surface area contributed by atoms with E-state index in [0.29, 0.717) is 12.4 Å². The summed E-state index contributed by atoms with van der Waals surface area (Å²) < 4.78 is 58.6. The van der Waals surface area contributed by atoms with Gasteiger partial charge >= 0.3 is 0 Å². The fourth-order valence-corrected chi connectivity index (χ4v) is 4.11. The molecule has 0 spiro atoms. The molecule has 0 aliphatic heterocycles. The fraction of sp³-hybridized carbons (Fsp3) is 0.278. The molecule has 0 fully saturated rings. The third-order valence-electron chi connectivity index (χ3n) is 3.72. The first-order valence-electron chi connectivity index (χ1n) is 8.36. The maximum atomic E-state index is 13.7. The summed E-state index contributed by atoms with van der Waals surface area (Å²) >= 11 is 6.04. The molecule has 0 aliphatic rings. The van der Waals surface area contributed by atoms with Crippen LogP contribution in [0.4, 0.5) is 14.5 Å². The van der Waals surface area contributed by atoms with Gasteiger partial charge in [-0.1, -0.05) is 18.5 Å². The van der Waals surface area contributed by atoms with Crippen LogP contribution in [0.15, 0.2) is 41.3 Å². The van der Waals surface area contributed by atoms with Crippen LogP contribution >= 0.6 is 11.6 Å². The number of hydrogen-bond donors (Lipinski definition) is 1. The van der Waals surface area contributed by atoms with Gasteiger partial charge in [0.25, 0.3) is 0 Å². The summed E-state index contributed by atoms with van der Waals surface area (Å²) in [4.78, 5) is 12.1. The van der Waals surface area contributed by atoms with E-state index in [2.05, 4.69) is 5.32 Å². The molecule has 0 atom stereocenters. The zero-order valence-corrected chi connectivity index (χ0v) is 16.8. The van der Waals surface area contributed by atoms with Crippen molar-refractivity contribution in [2.45, 2.75) is 18.7 Å². The molecular weight excluding hydrogens is 414 g/mol. The summed E-state index contributed by atoms with van der Waals surface area (Å²) in [7, 11) is -4.05. The summed E-state index contributed by atoms with van der Waals surface area (Å²) in [5.74, 6) is -2.04. The number of carbonyl (C=O) groups is 1. The summed E-state index contributed by atoms with van der Waals surface area (Å²) in [6.45, 7) is 3.07. The van der Waals surface area contributed by atoms with Crippen LogP contribution in [0.3, 0.4) is 0 Å². The van der Waals surface area contributed by atoms with Gasteiger partial charge in [-0.25, -0.2) is 17.2 Å². The molecule has 1 N–H and O–H groups in total. The highest BCUT2D eigenvalue weighted by Crippen LogP contribution is 2.28. The quantitative estimate of drug-likeness (QED) is 0.690. The van der Waals surface area contributed by atoms with Gasteiger partial charge in [-0.15, -0.1) is 0 Å². The van der Waals surface area contributed by atoms with Crippen LogP contribution in [-0.4, -0.2) is 38.3 Å². The number of nitrogens with zero attached hydrogens (tertiary/aromatic N) is 1. The lowest BCUT2D eigenvalue weighted by Crippen LogP contribution is -2.38. The van der Waals surface area contributed by atoms with Crippen LogP contribution in [0.2, 0.25) is 5.02 Å². The van der Waals surface area contributed by atoms with Crippen LogP contribution in [-0.2, 0) is 14.8 Å². The van der Waals surface area contributed by atoms with Crippen molar-refractivity contribution in [3.8, 4) is 5.75 Å². The average molecular weight is 433 g/mol. The molecule has 10 heteroatoms. The number of amides is 1. The first-order chi connectivity index (χ1) is 13.2. The van der Waals surface area contributed by atoms with Gasteiger partial charge < -0.3 is 10.1 Å². The molecular formula is C18H19ClF2N2O4S. The van der Waals surface area contributed by atoms with Crippen molar-refractivity contribution in [2.24, 2.45) is 0 Å². The highest BCUT2D eigenvalue weighted by molar-refractivity contribution is 7.89. The zero-order chi connectivity index (χ0) is 20.9. The smallest absolute Gasteiger partial charge is 0.243 e. The Morgan fingerprint density at radius 3 is 2.50 bits per heavy atom. The summed E-state index contributed by atoms with van der Waals surface area (Å²) in [5.41, 5.74) is -0.373. The minimum Gasteiger partial charge on any atom is -0.492 e. The molecule has 2 aromatic carbocycles. The lowest BCUT2D eigenvalue weighted by molar-refractivity contribution is -0.116. The van der Waals surface area contributed by atoms with Gasteiger partial charge in [0.15, 0.2) is 0 Å². The number of hydrogen-bond acceptors (Lipinski definition) is 4. The number of benzene rings is 2. The van der Waals surface area contributed by atoms with Crippen molar-refractivity contribution in [1.82, 2.24) is 4.31 Å². The number of nitrogens with one attached hydrogen (secondary N) is 1. The number of sulfonamides is 1. The Morgan fingerprint density at radius 2 is 1.89 bits per heavy atom. The second-order valence-electron chi connectivity index (χ2n) is 5.63. The highest BCUT2D eigenvalue weighted by atomic mass is 35.5. The Balaban J connectivity index is 2.20. The monoisotopic (exact) mass is 432 g/mol. The molecule has 0 unspecified atom stereocenters. The van der Waals surface area contributed by atoms with Crippen LogP contribution in [0.25, 0.3) is 0 Å². The Bertz CT molecular complexity index is 970. The first-order valence-corrected chi connectivity index (χ1v) is 10.2. The number of anilines is 1. The highest BCUT2D eigenvalue weighted by Gasteiger charge is 2.26. The average Bonchev–Trinajstić information content (AvgIpc) is 2.64. The number of halogens is 3. The molecule has 0 bridgehead atoms. The van der Waals surface area contributed by atoms with Gasteiger partial charge in [-0.05, 0) is 37.3 Å². The van der Waals surface area contributed by atoms with Gasteiger partial charge in [0.05, 0.1) is 28.8 Å². The predicted octanol–water partition coefficient (Wildman–Crippen LogP) is 3.67. The second-order valence-corrected chi connectivity index (χ2v) is 7.97. The molecule has 28 heavy (non-hydrogen) atoms. The molecule has 2 rings (SSSR count). The third kappa shape index (κ3) is 5.18. The van der Waals surface area contributed by atoms with Crippen LogP contribution in [0.1, 0.15) is 13.8 Å². The predicted molar refractivity (Wildman–Crippen MR) is 102 cm³/mol. The molecule has 1 amide bonds. The van der Waals surface area contributed by atoms with Crippen LogP contribution in [0.5, 0.6) is 5.75 Å². The molecule has 0 heterocycles. The number of carbonyl (C=O) groups excluding carboxylic acids is 1.